The van der Waals surface area contributed by atoms with Crippen molar-refractivity contribution < 1.29 is 0 Å². The molecule has 4 heteroatoms. The number of H-pyrrole nitrogens is 1. The van der Waals surface area contributed by atoms with Gasteiger partial charge in [-0.15, -0.1) is 0 Å². The fourth-order valence-corrected chi connectivity index (χ4v) is 1.18. The number of nitrogens with zero attached hydrogens (tertiary/aromatic N) is 2. The Morgan fingerprint density at radius 1 is 1.54 bits per heavy atom. The molecular formula is C9H10N4. The fraction of sp³-hybridized carbons (Fsp3) is 0.111. The van der Waals surface area contributed by atoms with Crippen LogP contribution in [-0.2, 0) is 0 Å². The first kappa shape index (κ1) is 7.94. The molecule has 0 atom stereocenters. The largest absolute Gasteiger partial charge is 0.327 e. The van der Waals surface area contributed by atoms with Gasteiger partial charge >= 0.3 is 0 Å². The van der Waals surface area contributed by atoms with Gasteiger partial charge in [0.05, 0.1) is 5.69 Å². The van der Waals surface area contributed by atoms with Gasteiger partial charge in [0, 0.05) is 18.1 Å². The Morgan fingerprint density at radius 3 is 3.31 bits per heavy atom. The quantitative estimate of drug-likeness (QED) is 0.711. The molecule has 2 rings (SSSR count). The van der Waals surface area contributed by atoms with Gasteiger partial charge < -0.3 is 5.73 Å². The lowest BCUT2D eigenvalue weighted by atomic mass is 10.2. The standard InChI is InChI=1S/C9H10N4/c10-5-1-4-8-7-3-2-6-11-9(7)13-12-8/h1-4,6H,5,10H2,(H,11,12,13). The minimum Gasteiger partial charge on any atom is -0.327 e. The summed E-state index contributed by atoms with van der Waals surface area (Å²) in [6, 6.07) is 3.86. The summed E-state index contributed by atoms with van der Waals surface area (Å²) >= 11 is 0. The van der Waals surface area contributed by atoms with Gasteiger partial charge in [-0.05, 0) is 18.2 Å². The molecule has 0 fully saturated rings. The molecule has 2 heterocycles. The average molecular weight is 174 g/mol. The number of nitrogens with two attached hydrogens (primary N) is 1. The molecule has 4 nitrogen and oxygen atoms in total. The van der Waals surface area contributed by atoms with Crippen molar-refractivity contribution in [3.63, 3.8) is 0 Å². The average Bonchev–Trinajstić information content (AvgIpc) is 2.58. The fourth-order valence-electron chi connectivity index (χ4n) is 1.18. The number of nitrogens with one attached hydrogen (secondary N) is 1. The van der Waals surface area contributed by atoms with Crippen LogP contribution in [0.3, 0.4) is 0 Å². The summed E-state index contributed by atoms with van der Waals surface area (Å²) in [6.45, 7) is 0.529. The molecule has 0 aromatic carbocycles. The van der Waals surface area contributed by atoms with Crippen LogP contribution in [-0.4, -0.2) is 21.7 Å². The van der Waals surface area contributed by atoms with Crippen LogP contribution in [0.2, 0.25) is 0 Å². The first-order valence-electron chi connectivity index (χ1n) is 4.07. The molecule has 0 saturated heterocycles. The molecule has 0 aliphatic heterocycles. The van der Waals surface area contributed by atoms with Crippen molar-refractivity contribution in [1.82, 2.24) is 15.2 Å². The maximum absolute atomic E-state index is 5.35. The van der Waals surface area contributed by atoms with E-state index in [9.17, 15) is 0 Å². The number of fused-ring (bicyclic) bond motifs is 1. The van der Waals surface area contributed by atoms with E-state index in [1.807, 2.05) is 24.3 Å². The highest BCUT2D eigenvalue weighted by Gasteiger charge is 2.00. The second-order valence-corrected chi connectivity index (χ2v) is 2.65. The molecule has 0 amide bonds. The number of hydrogen-bond donors (Lipinski definition) is 2. The van der Waals surface area contributed by atoms with Gasteiger partial charge in [0.15, 0.2) is 5.65 Å². The van der Waals surface area contributed by atoms with E-state index in [-0.39, 0.29) is 0 Å². The van der Waals surface area contributed by atoms with Crippen LogP contribution in [0, 0.1) is 0 Å². The Hall–Kier alpha value is -1.68. The van der Waals surface area contributed by atoms with E-state index in [4.69, 9.17) is 5.73 Å². The highest BCUT2D eigenvalue weighted by molar-refractivity contribution is 5.83. The summed E-state index contributed by atoms with van der Waals surface area (Å²) in [6.07, 6.45) is 5.51. The molecule has 0 saturated carbocycles. The zero-order chi connectivity index (χ0) is 9.10. The predicted octanol–water partition coefficient (Wildman–Crippen LogP) is 0.930. The second-order valence-electron chi connectivity index (χ2n) is 2.65. The summed E-state index contributed by atoms with van der Waals surface area (Å²) < 4.78 is 0. The van der Waals surface area contributed by atoms with E-state index in [1.165, 1.54) is 0 Å². The van der Waals surface area contributed by atoms with Crippen molar-refractivity contribution >= 4 is 17.1 Å². The van der Waals surface area contributed by atoms with Crippen LogP contribution < -0.4 is 5.73 Å². The Labute approximate surface area is 75.5 Å². The van der Waals surface area contributed by atoms with Crippen molar-refractivity contribution in [3.05, 3.63) is 30.1 Å². The number of rotatable bonds is 2. The maximum atomic E-state index is 5.35. The molecule has 3 N–H and O–H groups in total. The highest BCUT2D eigenvalue weighted by atomic mass is 15.1. The number of aromatic amines is 1. The number of pyridine rings is 1. The molecule has 0 unspecified atom stereocenters. The topological polar surface area (TPSA) is 67.6 Å². The lowest BCUT2D eigenvalue weighted by molar-refractivity contribution is 1.09. The third-order valence-electron chi connectivity index (χ3n) is 1.78. The van der Waals surface area contributed by atoms with E-state index in [0.29, 0.717) is 6.54 Å². The van der Waals surface area contributed by atoms with Crippen molar-refractivity contribution in [2.45, 2.75) is 0 Å². The van der Waals surface area contributed by atoms with E-state index < -0.39 is 0 Å². The van der Waals surface area contributed by atoms with Gasteiger partial charge in [-0.3, -0.25) is 5.10 Å². The van der Waals surface area contributed by atoms with E-state index >= 15 is 0 Å². The van der Waals surface area contributed by atoms with Crippen molar-refractivity contribution in [1.29, 1.82) is 0 Å². The first-order valence-corrected chi connectivity index (χ1v) is 4.07. The van der Waals surface area contributed by atoms with Gasteiger partial charge in [-0.2, -0.15) is 5.10 Å². The second kappa shape index (κ2) is 3.37. The highest BCUT2D eigenvalue weighted by Crippen LogP contribution is 2.13. The summed E-state index contributed by atoms with van der Waals surface area (Å²) in [5, 5.41) is 7.96. The Balaban J connectivity index is 2.52. The molecule has 0 bridgehead atoms. The van der Waals surface area contributed by atoms with E-state index in [1.54, 1.807) is 6.20 Å². The summed E-state index contributed by atoms with van der Waals surface area (Å²) in [5.41, 5.74) is 7.04. The van der Waals surface area contributed by atoms with Crippen LogP contribution in [0.1, 0.15) is 5.69 Å². The monoisotopic (exact) mass is 174 g/mol. The smallest absolute Gasteiger partial charge is 0.181 e. The SMILES string of the molecule is NCC=Cc1[nH]nc2ncccc12. The van der Waals surface area contributed by atoms with Gasteiger partial charge in [0.2, 0.25) is 0 Å². The van der Waals surface area contributed by atoms with Gasteiger partial charge in [-0.25, -0.2) is 4.98 Å². The minimum atomic E-state index is 0.529. The van der Waals surface area contributed by atoms with Crippen LogP contribution in [0.25, 0.3) is 17.1 Å². The van der Waals surface area contributed by atoms with Crippen molar-refractivity contribution in [2.75, 3.05) is 6.54 Å². The number of hydrogen-bond acceptors (Lipinski definition) is 3. The summed E-state index contributed by atoms with van der Waals surface area (Å²) in [7, 11) is 0. The molecule has 2 aromatic rings. The van der Waals surface area contributed by atoms with Crippen molar-refractivity contribution in [2.24, 2.45) is 5.73 Å². The molecular weight excluding hydrogens is 164 g/mol. The van der Waals surface area contributed by atoms with Crippen LogP contribution in [0.4, 0.5) is 0 Å². The normalized spacial score (nSPS) is 11.5. The van der Waals surface area contributed by atoms with Crippen LogP contribution in [0.15, 0.2) is 24.4 Å². The van der Waals surface area contributed by atoms with Crippen LogP contribution in [0.5, 0.6) is 0 Å². The van der Waals surface area contributed by atoms with Gasteiger partial charge in [-0.1, -0.05) is 6.08 Å². The molecule has 0 aliphatic rings. The van der Waals surface area contributed by atoms with Crippen LogP contribution >= 0.6 is 0 Å². The molecule has 0 spiro atoms. The van der Waals surface area contributed by atoms with Crippen molar-refractivity contribution in [3.8, 4) is 0 Å². The summed E-state index contributed by atoms with van der Waals surface area (Å²) in [4.78, 5) is 4.10. The van der Waals surface area contributed by atoms with E-state index in [2.05, 4.69) is 15.2 Å². The Kier molecular flexibility index (Phi) is 2.06. The third kappa shape index (κ3) is 1.43. The zero-order valence-electron chi connectivity index (χ0n) is 7.07. The van der Waals surface area contributed by atoms with Gasteiger partial charge in [0.25, 0.3) is 0 Å². The number of aromatic nitrogens is 3. The molecule has 0 radical (unpaired) electrons. The first-order chi connectivity index (χ1) is 6.42. The lowest BCUT2D eigenvalue weighted by Gasteiger charge is -1.87. The predicted molar refractivity (Wildman–Crippen MR) is 52.0 cm³/mol. The lowest BCUT2D eigenvalue weighted by Crippen LogP contribution is -1.91. The maximum Gasteiger partial charge on any atom is 0.181 e. The van der Waals surface area contributed by atoms with E-state index in [0.717, 1.165) is 16.7 Å². The molecule has 2 aromatic heterocycles. The van der Waals surface area contributed by atoms with Gasteiger partial charge in [0.1, 0.15) is 0 Å². The third-order valence-corrected chi connectivity index (χ3v) is 1.78. The molecule has 13 heavy (non-hydrogen) atoms. The zero-order valence-corrected chi connectivity index (χ0v) is 7.07. The minimum absolute atomic E-state index is 0.529. The molecule has 66 valence electrons. The summed E-state index contributed by atoms with van der Waals surface area (Å²) in [5.74, 6) is 0. The molecule has 0 aliphatic carbocycles. The Morgan fingerprint density at radius 2 is 2.46 bits per heavy atom. The Bertz CT molecular complexity index is 430.